The van der Waals surface area contributed by atoms with Crippen LogP contribution in [0.3, 0.4) is 0 Å². The fourth-order valence-electron chi connectivity index (χ4n) is 1.64. The number of benzene rings is 2. The highest BCUT2D eigenvalue weighted by atomic mass is 35.5. The zero-order chi connectivity index (χ0) is 15.2. The largest absolute Gasteiger partial charge is 0.321 e. The number of carbonyl (C=O) groups is 1. The fraction of sp³-hybridized carbons (Fsp3) is 0. The molecule has 0 aromatic heterocycles. The summed E-state index contributed by atoms with van der Waals surface area (Å²) in [4.78, 5) is 12.1. The maximum atomic E-state index is 12.1. The van der Waals surface area contributed by atoms with Crippen LogP contribution in [-0.4, -0.2) is 5.91 Å². The van der Waals surface area contributed by atoms with Crippen molar-refractivity contribution in [3.63, 3.8) is 0 Å². The van der Waals surface area contributed by atoms with E-state index >= 15 is 0 Å². The molecule has 3 nitrogen and oxygen atoms in total. The van der Waals surface area contributed by atoms with E-state index in [1.807, 2.05) is 12.1 Å². The third-order valence-corrected chi connectivity index (χ3v) is 3.22. The van der Waals surface area contributed by atoms with Crippen molar-refractivity contribution in [1.29, 1.82) is 5.26 Å². The van der Waals surface area contributed by atoms with Crippen LogP contribution in [0.4, 0.5) is 5.69 Å². The van der Waals surface area contributed by atoms with Crippen LogP contribution in [-0.2, 0) is 4.79 Å². The van der Waals surface area contributed by atoms with Crippen LogP contribution < -0.4 is 5.32 Å². The SMILES string of the molecule is N#C/C(=C/c1ccc(Cl)cc1Cl)C(=O)Nc1ccccc1. The molecule has 0 saturated heterocycles. The van der Waals surface area contributed by atoms with E-state index in [1.54, 1.807) is 42.5 Å². The Hall–Kier alpha value is -2.28. The van der Waals surface area contributed by atoms with E-state index in [0.29, 0.717) is 21.3 Å². The second-order valence-electron chi connectivity index (χ2n) is 4.16. The second kappa shape index (κ2) is 6.94. The van der Waals surface area contributed by atoms with Crippen LogP contribution >= 0.6 is 23.2 Å². The number of hydrogen-bond acceptors (Lipinski definition) is 2. The van der Waals surface area contributed by atoms with Crippen LogP contribution in [0.5, 0.6) is 0 Å². The molecule has 2 aromatic carbocycles. The number of carbonyl (C=O) groups excluding carboxylic acids is 1. The number of rotatable bonds is 3. The number of halogens is 2. The Morgan fingerprint density at radius 2 is 1.86 bits per heavy atom. The molecule has 0 heterocycles. The molecule has 0 unspecified atom stereocenters. The molecule has 104 valence electrons. The normalized spacial score (nSPS) is 10.8. The van der Waals surface area contributed by atoms with Gasteiger partial charge in [0.2, 0.25) is 0 Å². The Bertz CT molecular complexity index is 734. The van der Waals surface area contributed by atoms with Gasteiger partial charge in [0.25, 0.3) is 5.91 Å². The zero-order valence-electron chi connectivity index (χ0n) is 10.8. The molecule has 0 bridgehead atoms. The predicted octanol–water partition coefficient (Wildman–Crippen LogP) is 4.54. The van der Waals surface area contributed by atoms with Crippen LogP contribution in [0.25, 0.3) is 6.08 Å². The minimum absolute atomic E-state index is 0.0388. The fourth-order valence-corrected chi connectivity index (χ4v) is 2.11. The maximum Gasteiger partial charge on any atom is 0.266 e. The van der Waals surface area contributed by atoms with Gasteiger partial charge in [0, 0.05) is 15.7 Å². The lowest BCUT2D eigenvalue weighted by atomic mass is 10.1. The van der Waals surface area contributed by atoms with Gasteiger partial charge in [0.15, 0.2) is 0 Å². The summed E-state index contributed by atoms with van der Waals surface area (Å²) in [5, 5.41) is 12.6. The molecule has 0 spiro atoms. The van der Waals surface area contributed by atoms with Crippen LogP contribution in [0.15, 0.2) is 54.1 Å². The number of hydrogen-bond donors (Lipinski definition) is 1. The first-order valence-corrected chi connectivity index (χ1v) is 6.79. The summed E-state index contributed by atoms with van der Waals surface area (Å²) in [5.41, 5.74) is 1.13. The number of amides is 1. The summed E-state index contributed by atoms with van der Waals surface area (Å²) in [6.45, 7) is 0. The van der Waals surface area contributed by atoms with Crippen molar-refractivity contribution < 1.29 is 4.79 Å². The number of nitriles is 1. The smallest absolute Gasteiger partial charge is 0.266 e. The summed E-state index contributed by atoms with van der Waals surface area (Å²) >= 11 is 11.8. The van der Waals surface area contributed by atoms with E-state index < -0.39 is 5.91 Å². The molecule has 0 fully saturated rings. The molecular weight excluding hydrogens is 307 g/mol. The Labute approximate surface area is 132 Å². The molecule has 1 amide bonds. The lowest BCUT2D eigenvalue weighted by Crippen LogP contribution is -2.13. The zero-order valence-corrected chi connectivity index (χ0v) is 12.3. The van der Waals surface area contributed by atoms with Gasteiger partial charge in [0.05, 0.1) is 0 Å². The van der Waals surface area contributed by atoms with Gasteiger partial charge in [-0.2, -0.15) is 5.26 Å². The van der Waals surface area contributed by atoms with E-state index in [1.165, 1.54) is 6.08 Å². The molecule has 21 heavy (non-hydrogen) atoms. The second-order valence-corrected chi connectivity index (χ2v) is 5.00. The van der Waals surface area contributed by atoms with Crippen molar-refractivity contribution in [3.05, 3.63) is 69.7 Å². The lowest BCUT2D eigenvalue weighted by Gasteiger charge is -2.04. The standard InChI is InChI=1S/C16H10Cl2N2O/c17-13-7-6-11(15(18)9-13)8-12(10-19)16(21)20-14-4-2-1-3-5-14/h1-9H,(H,20,21)/b12-8-. The molecule has 5 heteroatoms. The third kappa shape index (κ3) is 4.09. The molecule has 0 radical (unpaired) electrons. The van der Waals surface area contributed by atoms with Crippen LogP contribution in [0.2, 0.25) is 10.0 Å². The van der Waals surface area contributed by atoms with Crippen molar-refractivity contribution in [2.24, 2.45) is 0 Å². The molecule has 2 rings (SSSR count). The lowest BCUT2D eigenvalue weighted by molar-refractivity contribution is -0.112. The Balaban J connectivity index is 2.25. The summed E-state index contributed by atoms with van der Waals surface area (Å²) in [6, 6.07) is 15.6. The average molecular weight is 317 g/mol. The first-order valence-electron chi connectivity index (χ1n) is 6.03. The summed E-state index contributed by atoms with van der Waals surface area (Å²) < 4.78 is 0. The first kappa shape index (κ1) is 15.1. The Morgan fingerprint density at radius 3 is 2.48 bits per heavy atom. The maximum absolute atomic E-state index is 12.1. The number of nitrogens with one attached hydrogen (secondary N) is 1. The van der Waals surface area contributed by atoms with Crippen molar-refractivity contribution in [1.82, 2.24) is 0 Å². The minimum atomic E-state index is -0.491. The molecule has 1 N–H and O–H groups in total. The predicted molar refractivity (Wildman–Crippen MR) is 85.1 cm³/mol. The summed E-state index contributed by atoms with van der Waals surface area (Å²) in [7, 11) is 0. The third-order valence-electron chi connectivity index (χ3n) is 2.66. The number of anilines is 1. The van der Waals surface area contributed by atoms with E-state index in [4.69, 9.17) is 28.5 Å². The molecule has 2 aromatic rings. The molecule has 0 aliphatic heterocycles. The van der Waals surface area contributed by atoms with Gasteiger partial charge in [-0.1, -0.05) is 47.5 Å². The van der Waals surface area contributed by atoms with Gasteiger partial charge in [-0.25, -0.2) is 0 Å². The van der Waals surface area contributed by atoms with Crippen molar-refractivity contribution in [2.45, 2.75) is 0 Å². The summed E-state index contributed by atoms with van der Waals surface area (Å²) in [5.74, 6) is -0.491. The highest BCUT2D eigenvalue weighted by molar-refractivity contribution is 6.35. The highest BCUT2D eigenvalue weighted by Crippen LogP contribution is 2.23. The van der Waals surface area contributed by atoms with E-state index in [2.05, 4.69) is 5.32 Å². The van der Waals surface area contributed by atoms with Crippen LogP contribution in [0.1, 0.15) is 5.56 Å². The minimum Gasteiger partial charge on any atom is -0.321 e. The number of nitrogens with zero attached hydrogens (tertiary/aromatic N) is 1. The van der Waals surface area contributed by atoms with E-state index in [9.17, 15) is 4.79 Å². The monoisotopic (exact) mass is 316 g/mol. The molecule has 0 saturated carbocycles. The van der Waals surface area contributed by atoms with Gasteiger partial charge in [-0.15, -0.1) is 0 Å². The molecule has 0 aliphatic rings. The molecular formula is C16H10Cl2N2O. The van der Waals surface area contributed by atoms with Crippen LogP contribution in [0, 0.1) is 11.3 Å². The highest BCUT2D eigenvalue weighted by Gasteiger charge is 2.10. The Kier molecular flexibility index (Phi) is 4.99. The first-order chi connectivity index (χ1) is 10.1. The van der Waals surface area contributed by atoms with Crippen molar-refractivity contribution >= 4 is 40.9 Å². The topological polar surface area (TPSA) is 52.9 Å². The van der Waals surface area contributed by atoms with Gasteiger partial charge < -0.3 is 5.32 Å². The van der Waals surface area contributed by atoms with E-state index in [0.717, 1.165) is 0 Å². The van der Waals surface area contributed by atoms with Crippen molar-refractivity contribution in [2.75, 3.05) is 5.32 Å². The van der Waals surface area contributed by atoms with Gasteiger partial charge in [-0.05, 0) is 35.9 Å². The van der Waals surface area contributed by atoms with Crippen molar-refractivity contribution in [3.8, 4) is 6.07 Å². The van der Waals surface area contributed by atoms with E-state index in [-0.39, 0.29) is 5.57 Å². The molecule has 0 atom stereocenters. The van der Waals surface area contributed by atoms with Gasteiger partial charge >= 0.3 is 0 Å². The van der Waals surface area contributed by atoms with Gasteiger partial charge in [0.1, 0.15) is 11.6 Å². The summed E-state index contributed by atoms with van der Waals surface area (Å²) in [6.07, 6.45) is 1.43. The number of para-hydroxylation sites is 1. The van der Waals surface area contributed by atoms with Gasteiger partial charge in [-0.3, -0.25) is 4.79 Å². The quantitative estimate of drug-likeness (QED) is 0.667. The molecule has 0 aliphatic carbocycles. The Morgan fingerprint density at radius 1 is 1.14 bits per heavy atom. The average Bonchev–Trinajstić information content (AvgIpc) is 2.47.